The Morgan fingerprint density at radius 1 is 0.958 bits per heavy atom. The van der Waals surface area contributed by atoms with E-state index >= 15 is 0 Å². The molecule has 1 unspecified atom stereocenters. The molecule has 0 bridgehead atoms. The maximum Gasteiger partial charge on any atom is 0.271 e. The number of hydrogen-bond acceptors (Lipinski definition) is 7. The van der Waals surface area contributed by atoms with Gasteiger partial charge in [-0.25, -0.2) is 13.8 Å². The molecule has 0 radical (unpaired) electrons. The SMILES string of the molecule is COc1ccc(C2C(C(=O)Nc3ccccc3C)=C(C)N=c3sc(=Cc4ccc(OC)c(COc5ccc(F)cc5F)c4)c(=O)n32)cc1. The summed E-state index contributed by atoms with van der Waals surface area (Å²) in [5.74, 6) is -0.856. The zero-order chi connectivity index (χ0) is 33.9. The van der Waals surface area contributed by atoms with Gasteiger partial charge in [-0.3, -0.25) is 14.2 Å². The number of ether oxygens (including phenoxy) is 3. The third-order valence-corrected chi connectivity index (χ3v) is 8.95. The fourth-order valence-electron chi connectivity index (χ4n) is 5.52. The number of fused-ring (bicyclic) bond motifs is 1. The largest absolute Gasteiger partial charge is 0.497 e. The minimum Gasteiger partial charge on any atom is -0.497 e. The minimum absolute atomic E-state index is 0.0648. The van der Waals surface area contributed by atoms with Crippen LogP contribution in [0.4, 0.5) is 14.5 Å². The van der Waals surface area contributed by atoms with E-state index in [4.69, 9.17) is 19.2 Å². The summed E-state index contributed by atoms with van der Waals surface area (Å²) in [5.41, 5.74) is 4.04. The van der Waals surface area contributed by atoms with Gasteiger partial charge in [0.15, 0.2) is 16.4 Å². The number of aryl methyl sites for hydroxylation is 1. The molecule has 6 rings (SSSR count). The van der Waals surface area contributed by atoms with Crippen molar-refractivity contribution in [2.45, 2.75) is 26.5 Å². The van der Waals surface area contributed by atoms with Crippen molar-refractivity contribution in [3.63, 3.8) is 0 Å². The fourth-order valence-corrected chi connectivity index (χ4v) is 6.56. The van der Waals surface area contributed by atoms with Crippen molar-refractivity contribution in [1.82, 2.24) is 4.57 Å². The van der Waals surface area contributed by atoms with E-state index in [9.17, 15) is 18.4 Å². The average Bonchev–Trinajstić information content (AvgIpc) is 3.38. The number of halogens is 2. The van der Waals surface area contributed by atoms with E-state index in [1.54, 1.807) is 55.0 Å². The molecule has 8 nitrogen and oxygen atoms in total. The predicted octanol–water partition coefficient (Wildman–Crippen LogP) is 6.06. The van der Waals surface area contributed by atoms with Gasteiger partial charge < -0.3 is 19.5 Å². The Morgan fingerprint density at radius 3 is 2.42 bits per heavy atom. The monoisotopic (exact) mass is 667 g/mol. The number of carbonyl (C=O) groups excluding carboxylic acids is 1. The van der Waals surface area contributed by atoms with Crippen LogP contribution in [0, 0.1) is 18.6 Å². The maximum atomic E-state index is 14.2. The highest BCUT2D eigenvalue weighted by Crippen LogP contribution is 2.32. The quantitative estimate of drug-likeness (QED) is 0.207. The lowest BCUT2D eigenvalue weighted by Crippen LogP contribution is -2.40. The summed E-state index contributed by atoms with van der Waals surface area (Å²) in [4.78, 5) is 33.3. The van der Waals surface area contributed by atoms with E-state index in [-0.39, 0.29) is 23.8 Å². The van der Waals surface area contributed by atoms with Crippen LogP contribution in [-0.4, -0.2) is 24.7 Å². The molecule has 1 atom stereocenters. The molecular weight excluding hydrogens is 636 g/mol. The van der Waals surface area contributed by atoms with Crippen molar-refractivity contribution in [2.75, 3.05) is 19.5 Å². The third kappa shape index (κ3) is 6.50. The number of anilines is 1. The maximum absolute atomic E-state index is 14.2. The van der Waals surface area contributed by atoms with Gasteiger partial charge in [0.2, 0.25) is 0 Å². The van der Waals surface area contributed by atoms with Crippen LogP contribution in [0.5, 0.6) is 17.2 Å². The lowest BCUT2D eigenvalue weighted by molar-refractivity contribution is -0.113. The molecule has 0 spiro atoms. The lowest BCUT2D eigenvalue weighted by Gasteiger charge is -2.25. The number of rotatable bonds is 9. The van der Waals surface area contributed by atoms with E-state index in [0.717, 1.165) is 17.7 Å². The van der Waals surface area contributed by atoms with Crippen LogP contribution in [0.25, 0.3) is 6.08 Å². The van der Waals surface area contributed by atoms with Gasteiger partial charge in [-0.05, 0) is 79.1 Å². The zero-order valence-corrected chi connectivity index (χ0v) is 27.4. The normalized spacial score (nSPS) is 14.3. The number of carbonyl (C=O) groups is 1. The van der Waals surface area contributed by atoms with Crippen LogP contribution < -0.4 is 34.4 Å². The number of thiazole rings is 1. The van der Waals surface area contributed by atoms with Gasteiger partial charge in [-0.15, -0.1) is 0 Å². The number of amides is 1. The standard InChI is InChI=1S/C37H31F2N3O5S/c1-21-7-5-6-8-29(21)41-35(43)33-22(2)40-37-42(34(33)24-10-13-27(45-3)14-11-24)36(44)32(48-37)18-23-9-15-30(46-4)25(17-23)20-47-31-16-12-26(38)19-28(31)39/h5-19,34H,20H2,1-4H3,(H,41,43). The van der Waals surface area contributed by atoms with Crippen LogP contribution in [0.2, 0.25) is 0 Å². The molecule has 1 amide bonds. The molecule has 2 heterocycles. The average molecular weight is 668 g/mol. The molecule has 1 N–H and O–H groups in total. The summed E-state index contributed by atoms with van der Waals surface area (Å²) in [6.07, 6.45) is 1.72. The Hall–Kier alpha value is -5.55. The number of hydrogen-bond donors (Lipinski definition) is 1. The molecule has 0 fully saturated rings. The topological polar surface area (TPSA) is 91.2 Å². The van der Waals surface area contributed by atoms with Crippen LogP contribution in [0.1, 0.15) is 35.2 Å². The molecular formula is C37H31F2N3O5S. The van der Waals surface area contributed by atoms with Crippen molar-refractivity contribution in [3.05, 3.63) is 150 Å². The molecule has 1 aliphatic heterocycles. The van der Waals surface area contributed by atoms with E-state index < -0.39 is 17.7 Å². The van der Waals surface area contributed by atoms with Gasteiger partial charge in [0, 0.05) is 17.3 Å². The van der Waals surface area contributed by atoms with Gasteiger partial charge in [0.25, 0.3) is 11.5 Å². The highest BCUT2D eigenvalue weighted by atomic mass is 32.1. The smallest absolute Gasteiger partial charge is 0.271 e. The first-order valence-electron chi connectivity index (χ1n) is 14.9. The summed E-state index contributed by atoms with van der Waals surface area (Å²) in [7, 11) is 3.07. The Labute approximate surface area is 278 Å². The number of allylic oxidation sites excluding steroid dienone is 1. The lowest BCUT2D eigenvalue weighted by atomic mass is 9.95. The van der Waals surface area contributed by atoms with Gasteiger partial charge in [-0.2, -0.15) is 0 Å². The summed E-state index contributed by atoms with van der Waals surface area (Å²) in [5, 5.41) is 3.01. The van der Waals surface area contributed by atoms with Crippen LogP contribution in [0.3, 0.4) is 0 Å². The third-order valence-electron chi connectivity index (χ3n) is 7.97. The summed E-state index contributed by atoms with van der Waals surface area (Å²) in [6, 6.07) is 22.3. The number of benzene rings is 4. The van der Waals surface area contributed by atoms with Crippen LogP contribution >= 0.6 is 11.3 Å². The second-order valence-corrected chi connectivity index (χ2v) is 12.1. The molecule has 5 aromatic rings. The van der Waals surface area contributed by atoms with Gasteiger partial charge in [0.05, 0.1) is 36.1 Å². The minimum atomic E-state index is -0.820. The molecule has 11 heteroatoms. The number of methoxy groups -OCH3 is 2. The number of nitrogens with one attached hydrogen (secondary N) is 1. The fraction of sp³-hybridized carbons (Fsp3) is 0.162. The van der Waals surface area contributed by atoms with Crippen LogP contribution in [-0.2, 0) is 11.4 Å². The number of nitrogens with zero attached hydrogens (tertiary/aromatic N) is 2. The Bertz CT molecular complexity index is 2240. The first kappa shape index (κ1) is 32.4. The van der Waals surface area contributed by atoms with E-state index in [2.05, 4.69) is 5.32 Å². The van der Waals surface area contributed by atoms with Gasteiger partial charge in [-0.1, -0.05) is 47.7 Å². The van der Waals surface area contributed by atoms with E-state index in [0.29, 0.717) is 54.5 Å². The molecule has 244 valence electrons. The molecule has 0 saturated heterocycles. The first-order valence-corrected chi connectivity index (χ1v) is 15.8. The molecule has 1 aromatic heterocycles. The second kappa shape index (κ2) is 13.7. The molecule has 4 aromatic carbocycles. The second-order valence-electron chi connectivity index (χ2n) is 11.1. The van der Waals surface area contributed by atoms with Crippen molar-refractivity contribution >= 4 is 29.0 Å². The molecule has 0 saturated carbocycles. The van der Waals surface area contributed by atoms with E-state index in [1.165, 1.54) is 24.5 Å². The van der Waals surface area contributed by atoms with Gasteiger partial charge >= 0.3 is 0 Å². The van der Waals surface area contributed by atoms with Gasteiger partial charge in [0.1, 0.15) is 23.9 Å². The number of para-hydroxylation sites is 1. The number of aromatic nitrogens is 1. The summed E-state index contributed by atoms with van der Waals surface area (Å²) < 4.78 is 46.0. The van der Waals surface area contributed by atoms with Crippen molar-refractivity contribution in [2.24, 2.45) is 4.99 Å². The van der Waals surface area contributed by atoms with E-state index in [1.807, 2.05) is 43.3 Å². The highest BCUT2D eigenvalue weighted by molar-refractivity contribution is 7.07. The Balaban J connectivity index is 1.41. The van der Waals surface area contributed by atoms with Crippen molar-refractivity contribution < 1.29 is 27.8 Å². The molecule has 1 aliphatic rings. The Morgan fingerprint density at radius 2 is 1.71 bits per heavy atom. The highest BCUT2D eigenvalue weighted by Gasteiger charge is 2.32. The van der Waals surface area contributed by atoms with Crippen molar-refractivity contribution in [3.8, 4) is 17.2 Å². The molecule has 48 heavy (non-hydrogen) atoms. The molecule has 0 aliphatic carbocycles. The summed E-state index contributed by atoms with van der Waals surface area (Å²) in [6.45, 7) is 3.61. The van der Waals surface area contributed by atoms with Crippen LogP contribution in [0.15, 0.2) is 106 Å². The first-order chi connectivity index (χ1) is 23.2. The summed E-state index contributed by atoms with van der Waals surface area (Å²) >= 11 is 1.21. The zero-order valence-electron chi connectivity index (χ0n) is 26.5. The Kier molecular flexibility index (Phi) is 9.22. The van der Waals surface area contributed by atoms with Crippen molar-refractivity contribution in [1.29, 1.82) is 0 Å². The predicted molar refractivity (Wildman–Crippen MR) is 180 cm³/mol.